The molecule has 0 nitrogen and oxygen atoms in total. The van der Waals surface area contributed by atoms with Crippen LogP contribution in [0.2, 0.25) is 0 Å². The van der Waals surface area contributed by atoms with Gasteiger partial charge < -0.3 is 0 Å². The molecule has 0 atom stereocenters. The number of aryl methyl sites for hydroxylation is 1. The molecule has 0 spiro atoms. The maximum Gasteiger partial charge on any atom is 0.416 e. The molecular weight excluding hydrogens is 249 g/mol. The van der Waals surface area contributed by atoms with E-state index in [2.05, 4.69) is 5.92 Å². The monoisotopic (exact) mass is 260 g/mol. The summed E-state index contributed by atoms with van der Waals surface area (Å²) < 4.78 is 37.5. The highest BCUT2D eigenvalue weighted by Gasteiger charge is 2.29. The van der Waals surface area contributed by atoms with Crippen molar-refractivity contribution in [1.29, 1.82) is 0 Å². The lowest BCUT2D eigenvalue weighted by molar-refractivity contribution is -0.137. The van der Waals surface area contributed by atoms with Crippen LogP contribution in [0.15, 0.2) is 42.5 Å². The van der Waals surface area contributed by atoms with Crippen LogP contribution in [-0.2, 0) is 6.18 Å². The maximum atomic E-state index is 12.5. The number of rotatable bonds is 1. The van der Waals surface area contributed by atoms with Gasteiger partial charge in [0.2, 0.25) is 0 Å². The predicted octanol–water partition coefficient (Wildman–Crippen LogP) is 4.66. The van der Waals surface area contributed by atoms with Gasteiger partial charge in [0, 0.05) is 5.56 Å². The van der Waals surface area contributed by atoms with Gasteiger partial charge in [-0.1, -0.05) is 35.7 Å². The number of hydrogen-bond acceptors (Lipinski definition) is 0. The molecule has 2 rings (SSSR count). The van der Waals surface area contributed by atoms with Crippen molar-refractivity contribution in [2.45, 2.75) is 13.1 Å². The lowest BCUT2D eigenvalue weighted by Gasteiger charge is -2.09. The standard InChI is InChI=1S/C16H11F3/c1-3-12-5-4-11(2)10-15(12)13-6-8-14(9-7-13)16(17,18)19/h1,4-10H,2H3. The van der Waals surface area contributed by atoms with Crippen LogP contribution in [-0.4, -0.2) is 0 Å². The second-order valence-corrected chi connectivity index (χ2v) is 4.27. The Bertz CT molecular complexity index is 629. The third kappa shape index (κ3) is 2.79. The molecule has 0 fully saturated rings. The van der Waals surface area contributed by atoms with Gasteiger partial charge in [-0.2, -0.15) is 13.2 Å². The first kappa shape index (κ1) is 13.2. The molecule has 0 saturated heterocycles. The van der Waals surface area contributed by atoms with Gasteiger partial charge in [-0.05, 0) is 36.2 Å². The van der Waals surface area contributed by atoms with Crippen molar-refractivity contribution in [1.82, 2.24) is 0 Å². The molecule has 0 heterocycles. The summed E-state index contributed by atoms with van der Waals surface area (Å²) >= 11 is 0. The molecule has 3 heteroatoms. The van der Waals surface area contributed by atoms with E-state index in [4.69, 9.17) is 6.42 Å². The molecule has 2 aromatic carbocycles. The van der Waals surface area contributed by atoms with Crippen molar-refractivity contribution in [2.24, 2.45) is 0 Å². The first-order valence-corrected chi connectivity index (χ1v) is 5.67. The minimum absolute atomic E-state index is 0.661. The number of halogens is 3. The van der Waals surface area contributed by atoms with E-state index in [1.54, 1.807) is 6.07 Å². The van der Waals surface area contributed by atoms with E-state index >= 15 is 0 Å². The average Bonchev–Trinajstić information content (AvgIpc) is 2.38. The van der Waals surface area contributed by atoms with E-state index in [0.29, 0.717) is 11.1 Å². The van der Waals surface area contributed by atoms with E-state index in [-0.39, 0.29) is 0 Å². The smallest absolute Gasteiger partial charge is 0.166 e. The predicted molar refractivity (Wildman–Crippen MR) is 69.6 cm³/mol. The van der Waals surface area contributed by atoms with Crippen molar-refractivity contribution in [2.75, 3.05) is 0 Å². The molecule has 2 aromatic rings. The van der Waals surface area contributed by atoms with E-state index in [9.17, 15) is 13.2 Å². The maximum absolute atomic E-state index is 12.5. The highest BCUT2D eigenvalue weighted by atomic mass is 19.4. The van der Waals surface area contributed by atoms with Crippen molar-refractivity contribution in [3.05, 3.63) is 59.2 Å². The summed E-state index contributed by atoms with van der Waals surface area (Å²) in [5, 5.41) is 0. The Balaban J connectivity index is 2.49. The van der Waals surface area contributed by atoms with Crippen LogP contribution in [0, 0.1) is 19.3 Å². The third-order valence-corrected chi connectivity index (χ3v) is 2.85. The highest BCUT2D eigenvalue weighted by molar-refractivity contribution is 5.71. The molecule has 0 aromatic heterocycles. The van der Waals surface area contributed by atoms with Crippen LogP contribution in [0.1, 0.15) is 16.7 Å². The second kappa shape index (κ2) is 4.81. The molecule has 19 heavy (non-hydrogen) atoms. The Morgan fingerprint density at radius 1 is 1.00 bits per heavy atom. The van der Waals surface area contributed by atoms with E-state index in [1.807, 2.05) is 19.1 Å². The topological polar surface area (TPSA) is 0 Å². The molecule has 0 radical (unpaired) electrons. The Kier molecular flexibility index (Phi) is 3.35. The van der Waals surface area contributed by atoms with Crippen LogP contribution < -0.4 is 0 Å². The molecule has 0 aliphatic heterocycles. The van der Waals surface area contributed by atoms with Gasteiger partial charge >= 0.3 is 6.18 Å². The first-order valence-electron chi connectivity index (χ1n) is 5.67. The number of hydrogen-bond donors (Lipinski definition) is 0. The SMILES string of the molecule is C#Cc1ccc(C)cc1-c1ccc(C(F)(F)F)cc1. The summed E-state index contributed by atoms with van der Waals surface area (Å²) in [6.45, 7) is 1.91. The molecule has 0 aliphatic rings. The lowest BCUT2D eigenvalue weighted by Crippen LogP contribution is -2.04. The Labute approximate surface area is 109 Å². The third-order valence-electron chi connectivity index (χ3n) is 2.85. The van der Waals surface area contributed by atoms with Crippen LogP contribution in [0.4, 0.5) is 13.2 Å². The summed E-state index contributed by atoms with van der Waals surface area (Å²) in [4.78, 5) is 0. The fraction of sp³-hybridized carbons (Fsp3) is 0.125. The molecule has 0 amide bonds. The molecule has 0 unspecified atom stereocenters. The normalized spacial score (nSPS) is 11.1. The van der Waals surface area contributed by atoms with E-state index < -0.39 is 11.7 Å². The van der Waals surface area contributed by atoms with Gasteiger partial charge in [0.25, 0.3) is 0 Å². The van der Waals surface area contributed by atoms with Crippen LogP contribution >= 0.6 is 0 Å². The number of benzene rings is 2. The average molecular weight is 260 g/mol. The Hall–Kier alpha value is -2.21. The van der Waals surface area contributed by atoms with Crippen LogP contribution in [0.5, 0.6) is 0 Å². The summed E-state index contributed by atoms with van der Waals surface area (Å²) in [5.74, 6) is 2.54. The van der Waals surface area contributed by atoms with E-state index in [1.165, 1.54) is 12.1 Å². The molecule has 0 aliphatic carbocycles. The number of terminal acetylenes is 1. The zero-order valence-electron chi connectivity index (χ0n) is 10.3. The molecule has 0 saturated carbocycles. The van der Waals surface area contributed by atoms with Gasteiger partial charge in [0.05, 0.1) is 5.56 Å². The van der Waals surface area contributed by atoms with Gasteiger partial charge in [0.15, 0.2) is 0 Å². The fourth-order valence-corrected chi connectivity index (χ4v) is 1.86. The highest BCUT2D eigenvalue weighted by Crippen LogP contribution is 2.32. The van der Waals surface area contributed by atoms with Gasteiger partial charge in [-0.3, -0.25) is 0 Å². The van der Waals surface area contributed by atoms with Crippen molar-refractivity contribution >= 4 is 0 Å². The van der Waals surface area contributed by atoms with Gasteiger partial charge in [0.1, 0.15) is 0 Å². The summed E-state index contributed by atoms with van der Waals surface area (Å²) in [5.41, 5.74) is 2.48. The summed E-state index contributed by atoms with van der Waals surface area (Å²) in [7, 11) is 0. The minimum atomic E-state index is -4.32. The first-order chi connectivity index (χ1) is 8.91. The minimum Gasteiger partial charge on any atom is -0.166 e. The zero-order chi connectivity index (χ0) is 14.0. The molecule has 96 valence electrons. The van der Waals surface area contributed by atoms with Crippen molar-refractivity contribution in [3.8, 4) is 23.5 Å². The van der Waals surface area contributed by atoms with Gasteiger partial charge in [-0.15, -0.1) is 6.42 Å². The van der Waals surface area contributed by atoms with Crippen molar-refractivity contribution < 1.29 is 13.2 Å². The molecule has 0 bridgehead atoms. The Morgan fingerprint density at radius 3 is 2.16 bits per heavy atom. The number of alkyl halides is 3. The van der Waals surface area contributed by atoms with Crippen LogP contribution in [0.25, 0.3) is 11.1 Å². The Morgan fingerprint density at radius 2 is 1.63 bits per heavy atom. The summed E-state index contributed by atoms with van der Waals surface area (Å²) in [6, 6.07) is 10.6. The van der Waals surface area contributed by atoms with Crippen molar-refractivity contribution in [3.63, 3.8) is 0 Å². The second-order valence-electron chi connectivity index (χ2n) is 4.27. The molecule has 0 N–H and O–H groups in total. The quantitative estimate of drug-likeness (QED) is 0.654. The van der Waals surface area contributed by atoms with E-state index in [0.717, 1.165) is 23.3 Å². The fourth-order valence-electron chi connectivity index (χ4n) is 1.86. The van der Waals surface area contributed by atoms with Crippen LogP contribution in [0.3, 0.4) is 0 Å². The molecular formula is C16H11F3. The van der Waals surface area contributed by atoms with Gasteiger partial charge in [-0.25, -0.2) is 0 Å². The zero-order valence-corrected chi connectivity index (χ0v) is 10.3. The summed E-state index contributed by atoms with van der Waals surface area (Å²) in [6.07, 6.45) is 1.09. The lowest BCUT2D eigenvalue weighted by atomic mass is 9.97. The largest absolute Gasteiger partial charge is 0.416 e.